The first-order valence-corrected chi connectivity index (χ1v) is 10.2. The lowest BCUT2D eigenvalue weighted by Gasteiger charge is -2.27. The smallest absolute Gasteiger partial charge is 0.337 e. The fraction of sp³-hybridized carbons (Fsp3) is 0.458. The van der Waals surface area contributed by atoms with Crippen molar-refractivity contribution >= 4 is 17.9 Å². The van der Waals surface area contributed by atoms with Crippen LogP contribution in [0.2, 0.25) is 0 Å². The summed E-state index contributed by atoms with van der Waals surface area (Å²) in [7, 11) is 0. The molecule has 0 aromatic rings. The summed E-state index contributed by atoms with van der Waals surface area (Å²) in [5, 5.41) is 9.12. The molecule has 3 atom stereocenters. The molecule has 7 heteroatoms. The standard InChI is InChI=1S/C24H30O7/c1-6-18(12-25)24(28)29-13-16(4)22(26)30-19-10-14(2)8-7-9-15(3)11-20-21(19)17(5)23(27)31-20/h6,8,11,19-21,25H,4-5,7,9-10,12-13H2,1-3H3/b14-8+,15-11+,18-6-/t19-,20-,21-/m1/s1. The highest BCUT2D eigenvalue weighted by Gasteiger charge is 2.44. The van der Waals surface area contributed by atoms with Gasteiger partial charge in [0.2, 0.25) is 0 Å². The van der Waals surface area contributed by atoms with Crippen molar-refractivity contribution in [2.24, 2.45) is 5.92 Å². The summed E-state index contributed by atoms with van der Waals surface area (Å²) in [6.45, 7) is 12.2. The van der Waals surface area contributed by atoms with Crippen LogP contribution < -0.4 is 0 Å². The molecule has 0 radical (unpaired) electrons. The Kier molecular flexibility index (Phi) is 8.56. The number of ether oxygens (including phenoxy) is 3. The topological polar surface area (TPSA) is 99.1 Å². The predicted molar refractivity (Wildman–Crippen MR) is 115 cm³/mol. The van der Waals surface area contributed by atoms with Crippen LogP contribution in [0.15, 0.2) is 59.3 Å². The highest BCUT2D eigenvalue weighted by molar-refractivity contribution is 5.92. The lowest BCUT2D eigenvalue weighted by molar-refractivity contribution is -0.148. The van der Waals surface area contributed by atoms with Crippen LogP contribution in [0.5, 0.6) is 0 Å². The molecule has 0 bridgehead atoms. The van der Waals surface area contributed by atoms with E-state index in [9.17, 15) is 14.4 Å². The van der Waals surface area contributed by atoms with Gasteiger partial charge >= 0.3 is 17.9 Å². The number of aliphatic hydroxyl groups is 1. The quantitative estimate of drug-likeness (QED) is 0.299. The highest BCUT2D eigenvalue weighted by atomic mass is 16.6. The second-order valence-electron chi connectivity index (χ2n) is 7.82. The van der Waals surface area contributed by atoms with Crippen molar-refractivity contribution in [2.45, 2.75) is 52.2 Å². The first kappa shape index (κ1) is 24.3. The number of aliphatic hydroxyl groups excluding tert-OH is 1. The van der Waals surface area contributed by atoms with Gasteiger partial charge in [0.15, 0.2) is 0 Å². The number of rotatable bonds is 6. The second-order valence-corrected chi connectivity index (χ2v) is 7.82. The van der Waals surface area contributed by atoms with E-state index in [1.807, 2.05) is 19.9 Å². The molecule has 1 aliphatic carbocycles. The molecule has 1 aliphatic heterocycles. The highest BCUT2D eigenvalue weighted by Crippen LogP contribution is 2.36. The zero-order chi connectivity index (χ0) is 23.1. The zero-order valence-corrected chi connectivity index (χ0v) is 18.3. The Balaban J connectivity index is 2.16. The number of carbonyl (C=O) groups is 3. The van der Waals surface area contributed by atoms with Gasteiger partial charge in [-0.3, -0.25) is 0 Å². The molecule has 168 valence electrons. The Labute approximate surface area is 182 Å². The lowest BCUT2D eigenvalue weighted by Crippen LogP contribution is -2.34. The summed E-state index contributed by atoms with van der Waals surface area (Å²) in [4.78, 5) is 36.7. The lowest BCUT2D eigenvalue weighted by atomic mass is 9.85. The van der Waals surface area contributed by atoms with Crippen molar-refractivity contribution in [3.63, 3.8) is 0 Å². The Morgan fingerprint density at radius 3 is 2.65 bits per heavy atom. The molecule has 2 rings (SSSR count). The summed E-state index contributed by atoms with van der Waals surface area (Å²) in [6, 6.07) is 0. The van der Waals surface area contributed by atoms with Crippen LogP contribution in [0.25, 0.3) is 0 Å². The molecular formula is C24H30O7. The van der Waals surface area contributed by atoms with Crippen molar-refractivity contribution in [1.29, 1.82) is 0 Å². The van der Waals surface area contributed by atoms with Gasteiger partial charge in [-0.05, 0) is 39.7 Å². The molecule has 0 aromatic carbocycles. The van der Waals surface area contributed by atoms with Gasteiger partial charge in [0.25, 0.3) is 0 Å². The number of hydrogen-bond acceptors (Lipinski definition) is 7. The molecule has 1 N–H and O–H groups in total. The van der Waals surface area contributed by atoms with Gasteiger partial charge in [0.05, 0.1) is 23.7 Å². The van der Waals surface area contributed by atoms with E-state index >= 15 is 0 Å². The number of fused-ring (bicyclic) bond motifs is 1. The van der Waals surface area contributed by atoms with Gasteiger partial charge in [0, 0.05) is 12.0 Å². The SMILES string of the molecule is C=C(COC(=O)/C(=C\C)CO)C(=O)O[C@@H]1C/C(C)=C/CC/C(C)=C/[C@H]2OC(=O)C(=C)[C@@H]21. The van der Waals surface area contributed by atoms with Crippen LogP contribution in [-0.4, -0.2) is 48.4 Å². The predicted octanol–water partition coefficient (Wildman–Crippen LogP) is 3.11. The van der Waals surface area contributed by atoms with Crippen LogP contribution in [-0.2, 0) is 28.6 Å². The maximum atomic E-state index is 12.7. The van der Waals surface area contributed by atoms with Crippen molar-refractivity contribution in [3.05, 3.63) is 59.3 Å². The summed E-state index contributed by atoms with van der Waals surface area (Å²) < 4.78 is 16.2. The van der Waals surface area contributed by atoms with Crippen LogP contribution >= 0.6 is 0 Å². The molecule has 0 saturated carbocycles. The van der Waals surface area contributed by atoms with E-state index in [0.29, 0.717) is 6.42 Å². The number of allylic oxidation sites excluding steroid dienone is 3. The molecule has 0 aromatic heterocycles. The number of esters is 3. The molecule has 1 heterocycles. The molecule has 0 amide bonds. The first-order chi connectivity index (χ1) is 14.7. The Morgan fingerprint density at radius 2 is 2.00 bits per heavy atom. The Morgan fingerprint density at radius 1 is 1.29 bits per heavy atom. The van der Waals surface area contributed by atoms with Crippen molar-refractivity contribution in [3.8, 4) is 0 Å². The van der Waals surface area contributed by atoms with Crippen LogP contribution in [0.1, 0.15) is 40.0 Å². The number of carbonyl (C=O) groups excluding carboxylic acids is 3. The average Bonchev–Trinajstić information content (AvgIpc) is 2.99. The van der Waals surface area contributed by atoms with E-state index in [2.05, 4.69) is 19.2 Å². The van der Waals surface area contributed by atoms with E-state index in [1.54, 1.807) is 6.92 Å². The molecule has 2 aliphatic rings. The van der Waals surface area contributed by atoms with Crippen LogP contribution in [0.4, 0.5) is 0 Å². The number of hydrogen-bond donors (Lipinski definition) is 1. The van der Waals surface area contributed by atoms with Gasteiger partial charge in [0.1, 0.15) is 18.8 Å². The Hall–Kier alpha value is -2.93. The molecule has 0 spiro atoms. The van der Waals surface area contributed by atoms with E-state index in [0.717, 1.165) is 24.0 Å². The summed E-state index contributed by atoms with van der Waals surface area (Å²) in [5.41, 5.74) is 2.39. The largest absolute Gasteiger partial charge is 0.458 e. The molecule has 31 heavy (non-hydrogen) atoms. The van der Waals surface area contributed by atoms with Gasteiger partial charge in [-0.15, -0.1) is 0 Å². The summed E-state index contributed by atoms with van der Waals surface area (Å²) in [6.07, 6.45) is 6.25. The Bertz CT molecular complexity index is 859. The monoisotopic (exact) mass is 430 g/mol. The van der Waals surface area contributed by atoms with Gasteiger partial charge in [-0.1, -0.05) is 36.5 Å². The summed E-state index contributed by atoms with van der Waals surface area (Å²) in [5.74, 6) is -2.50. The maximum absolute atomic E-state index is 12.7. The van der Waals surface area contributed by atoms with Crippen LogP contribution in [0, 0.1) is 5.92 Å². The maximum Gasteiger partial charge on any atom is 0.337 e. The van der Waals surface area contributed by atoms with Crippen molar-refractivity contribution in [2.75, 3.05) is 13.2 Å². The third kappa shape index (κ3) is 6.28. The molecular weight excluding hydrogens is 400 g/mol. The van der Waals surface area contributed by atoms with Gasteiger partial charge < -0.3 is 19.3 Å². The fourth-order valence-electron chi connectivity index (χ4n) is 3.53. The van der Waals surface area contributed by atoms with Gasteiger partial charge in [-0.2, -0.15) is 0 Å². The zero-order valence-electron chi connectivity index (χ0n) is 18.3. The van der Waals surface area contributed by atoms with E-state index < -0.39 is 42.6 Å². The van der Waals surface area contributed by atoms with E-state index in [1.165, 1.54) is 6.08 Å². The summed E-state index contributed by atoms with van der Waals surface area (Å²) >= 11 is 0. The second kappa shape index (κ2) is 10.9. The third-order valence-corrected chi connectivity index (χ3v) is 5.37. The van der Waals surface area contributed by atoms with Crippen molar-refractivity contribution < 1.29 is 33.7 Å². The fourth-order valence-corrected chi connectivity index (χ4v) is 3.53. The molecule has 0 unspecified atom stereocenters. The third-order valence-electron chi connectivity index (χ3n) is 5.37. The normalized spacial score (nSPS) is 27.7. The van der Waals surface area contributed by atoms with Gasteiger partial charge in [-0.25, -0.2) is 14.4 Å². The molecule has 1 saturated heterocycles. The van der Waals surface area contributed by atoms with Crippen LogP contribution in [0.3, 0.4) is 0 Å². The first-order valence-electron chi connectivity index (χ1n) is 10.2. The minimum Gasteiger partial charge on any atom is -0.458 e. The minimum absolute atomic E-state index is 0.0559. The van der Waals surface area contributed by atoms with E-state index in [-0.39, 0.29) is 23.3 Å². The van der Waals surface area contributed by atoms with Crippen molar-refractivity contribution in [1.82, 2.24) is 0 Å². The molecule has 1 fully saturated rings. The molecule has 7 nitrogen and oxygen atoms in total. The van der Waals surface area contributed by atoms with E-state index in [4.69, 9.17) is 19.3 Å². The average molecular weight is 430 g/mol. The minimum atomic E-state index is -0.736.